The van der Waals surface area contributed by atoms with Gasteiger partial charge in [-0.3, -0.25) is 9.36 Å². The van der Waals surface area contributed by atoms with Crippen LogP contribution in [0.3, 0.4) is 0 Å². The molecule has 6 nitrogen and oxygen atoms in total. The molecule has 0 aliphatic carbocycles. The van der Waals surface area contributed by atoms with Crippen LogP contribution in [0.5, 0.6) is 0 Å². The number of carbonyl (C=O) groups is 1. The third-order valence-electron chi connectivity index (χ3n) is 4.00. The minimum atomic E-state index is -0.542. The van der Waals surface area contributed by atoms with Gasteiger partial charge in [0.25, 0.3) is 5.56 Å². The molecule has 0 N–H and O–H groups in total. The highest BCUT2D eigenvalue weighted by Gasteiger charge is 2.22. The molecular weight excluding hydrogens is 320 g/mol. The second-order valence-electron chi connectivity index (χ2n) is 6.53. The summed E-state index contributed by atoms with van der Waals surface area (Å²) in [6, 6.07) is 9.78. The summed E-state index contributed by atoms with van der Waals surface area (Å²) in [7, 11) is 2.93. The minimum absolute atomic E-state index is 0.214. The molecule has 0 amide bonds. The molecule has 0 unspecified atom stereocenters. The average Bonchev–Trinajstić information content (AvgIpc) is 2.61. The smallest absolute Gasteiger partial charge is 0.330 e. The van der Waals surface area contributed by atoms with E-state index in [1.54, 1.807) is 7.05 Å². The molecule has 1 heterocycles. The molecule has 0 bridgehead atoms. The molecule has 6 heteroatoms. The van der Waals surface area contributed by atoms with Crippen molar-refractivity contribution >= 4 is 12.0 Å². The van der Waals surface area contributed by atoms with Gasteiger partial charge >= 0.3 is 11.7 Å². The maximum atomic E-state index is 12.0. The summed E-state index contributed by atoms with van der Waals surface area (Å²) < 4.78 is 7.58. The molecule has 0 aliphatic heterocycles. The Labute approximate surface area is 146 Å². The van der Waals surface area contributed by atoms with Gasteiger partial charge in [0.15, 0.2) is 0 Å². The first kappa shape index (κ1) is 18.4. The van der Waals surface area contributed by atoms with Crippen LogP contribution < -0.4 is 11.2 Å². The van der Waals surface area contributed by atoms with Crippen LogP contribution in [0.1, 0.15) is 25.0 Å². The second-order valence-corrected chi connectivity index (χ2v) is 6.53. The van der Waals surface area contributed by atoms with Crippen molar-refractivity contribution in [2.45, 2.75) is 19.3 Å². The van der Waals surface area contributed by atoms with Crippen LogP contribution in [-0.4, -0.2) is 21.7 Å². The first-order chi connectivity index (χ1) is 11.7. The van der Waals surface area contributed by atoms with E-state index in [1.807, 2.05) is 44.2 Å². The summed E-state index contributed by atoms with van der Waals surface area (Å²) >= 11 is 0. The Morgan fingerprint density at radius 1 is 1.16 bits per heavy atom. The molecule has 1 aromatic heterocycles. The highest BCUT2D eigenvalue weighted by atomic mass is 16.5. The number of hydrogen-bond acceptors (Lipinski definition) is 4. The van der Waals surface area contributed by atoms with Crippen LogP contribution in [0.2, 0.25) is 0 Å². The van der Waals surface area contributed by atoms with Gasteiger partial charge in [-0.25, -0.2) is 9.59 Å². The summed E-state index contributed by atoms with van der Waals surface area (Å²) in [5.41, 5.74) is 0.103. The zero-order valence-corrected chi connectivity index (χ0v) is 14.9. The Morgan fingerprint density at radius 3 is 2.44 bits per heavy atom. The summed E-state index contributed by atoms with van der Waals surface area (Å²) in [5, 5.41) is 0. The lowest BCUT2D eigenvalue weighted by molar-refractivity contribution is -0.139. The van der Waals surface area contributed by atoms with Crippen LogP contribution >= 0.6 is 0 Å². The van der Waals surface area contributed by atoms with Crippen LogP contribution in [0.4, 0.5) is 0 Å². The maximum Gasteiger partial charge on any atom is 0.330 e. The Balaban J connectivity index is 2.07. The van der Waals surface area contributed by atoms with Crippen LogP contribution in [0, 0.1) is 0 Å². The third kappa shape index (κ3) is 4.35. The fourth-order valence-corrected chi connectivity index (χ4v) is 2.38. The number of nitrogens with zero attached hydrogens (tertiary/aromatic N) is 2. The highest BCUT2D eigenvalue weighted by molar-refractivity contribution is 5.86. The molecule has 2 aromatic rings. The number of rotatable bonds is 5. The van der Waals surface area contributed by atoms with E-state index >= 15 is 0 Å². The number of esters is 1. The van der Waals surface area contributed by atoms with E-state index in [1.165, 1.54) is 30.0 Å². The first-order valence-corrected chi connectivity index (χ1v) is 7.89. The first-order valence-electron chi connectivity index (χ1n) is 7.89. The van der Waals surface area contributed by atoms with Crippen molar-refractivity contribution in [3.63, 3.8) is 0 Å². The van der Waals surface area contributed by atoms with Crippen molar-refractivity contribution in [3.05, 3.63) is 74.6 Å². The second kappa shape index (κ2) is 7.34. The number of aromatic nitrogens is 2. The van der Waals surface area contributed by atoms with Crippen molar-refractivity contribution < 1.29 is 9.53 Å². The molecule has 0 spiro atoms. The van der Waals surface area contributed by atoms with Gasteiger partial charge in [0.2, 0.25) is 0 Å². The van der Waals surface area contributed by atoms with E-state index in [0.29, 0.717) is 0 Å². The normalized spacial score (nSPS) is 11.7. The van der Waals surface area contributed by atoms with E-state index in [9.17, 15) is 14.4 Å². The van der Waals surface area contributed by atoms with Gasteiger partial charge in [-0.15, -0.1) is 0 Å². The fraction of sp³-hybridized carbons (Fsp3) is 0.316. The maximum absolute atomic E-state index is 12.0. The predicted octanol–water partition coefficient (Wildman–Crippen LogP) is 1.62. The summed E-state index contributed by atoms with van der Waals surface area (Å²) in [4.78, 5) is 35.6. The molecule has 25 heavy (non-hydrogen) atoms. The largest absolute Gasteiger partial charge is 0.462 e. The lowest BCUT2D eigenvalue weighted by Crippen LogP contribution is -2.37. The molecule has 0 radical (unpaired) electrons. The van der Waals surface area contributed by atoms with Gasteiger partial charge in [-0.05, 0) is 11.6 Å². The molecule has 132 valence electrons. The number of ether oxygens (including phenoxy) is 1. The molecule has 2 rings (SSSR count). The molecule has 0 saturated carbocycles. The Kier molecular flexibility index (Phi) is 5.41. The number of carbonyl (C=O) groups excluding carboxylic acids is 1. The summed E-state index contributed by atoms with van der Waals surface area (Å²) in [6.45, 7) is 4.19. The van der Waals surface area contributed by atoms with Crippen LogP contribution in [-0.2, 0) is 29.0 Å². The van der Waals surface area contributed by atoms with Gasteiger partial charge in [0.05, 0.1) is 5.56 Å². The summed E-state index contributed by atoms with van der Waals surface area (Å²) in [5.74, 6) is -0.542. The molecule has 0 fully saturated rings. The zero-order valence-electron chi connectivity index (χ0n) is 14.9. The van der Waals surface area contributed by atoms with Gasteiger partial charge < -0.3 is 9.30 Å². The number of hydrogen-bond donors (Lipinski definition) is 0. The van der Waals surface area contributed by atoms with Crippen molar-refractivity contribution in [1.29, 1.82) is 0 Å². The molecule has 0 aliphatic rings. The lowest BCUT2D eigenvalue weighted by atomic mass is 9.86. The lowest BCUT2D eigenvalue weighted by Gasteiger charge is -2.24. The quantitative estimate of drug-likeness (QED) is 0.611. The van der Waals surface area contributed by atoms with Gasteiger partial charge in [0, 0.05) is 31.8 Å². The monoisotopic (exact) mass is 342 g/mol. The third-order valence-corrected chi connectivity index (χ3v) is 4.00. The van der Waals surface area contributed by atoms with Gasteiger partial charge in [0.1, 0.15) is 6.61 Å². The fourth-order valence-electron chi connectivity index (χ4n) is 2.38. The Bertz CT molecular complexity index is 905. The van der Waals surface area contributed by atoms with Crippen molar-refractivity contribution in [2.75, 3.05) is 6.61 Å². The van der Waals surface area contributed by atoms with E-state index in [4.69, 9.17) is 4.74 Å². The molecular formula is C19H22N2O4. The van der Waals surface area contributed by atoms with Gasteiger partial charge in [-0.2, -0.15) is 0 Å². The number of aryl methyl sites for hydroxylation is 1. The van der Waals surface area contributed by atoms with Crippen molar-refractivity contribution in [3.8, 4) is 0 Å². The standard InChI is InChI=1S/C19H22N2O4/c1-19(2,15-8-6-5-7-9-15)13-25-16(22)11-10-14-12-20(3)18(24)21(4)17(14)23/h5-12H,13H2,1-4H3. The van der Waals surface area contributed by atoms with Crippen molar-refractivity contribution in [1.82, 2.24) is 9.13 Å². The summed E-state index contributed by atoms with van der Waals surface area (Å²) in [6.07, 6.45) is 3.95. The highest BCUT2D eigenvalue weighted by Crippen LogP contribution is 2.23. The van der Waals surface area contributed by atoms with Crippen LogP contribution in [0.15, 0.2) is 52.2 Å². The van der Waals surface area contributed by atoms with Gasteiger partial charge in [-0.1, -0.05) is 44.2 Å². The van der Waals surface area contributed by atoms with E-state index in [0.717, 1.165) is 10.1 Å². The van der Waals surface area contributed by atoms with Crippen molar-refractivity contribution in [2.24, 2.45) is 14.1 Å². The Morgan fingerprint density at radius 2 is 1.80 bits per heavy atom. The minimum Gasteiger partial charge on any atom is -0.462 e. The van der Waals surface area contributed by atoms with Crippen LogP contribution in [0.25, 0.3) is 6.08 Å². The van der Waals surface area contributed by atoms with E-state index in [2.05, 4.69) is 0 Å². The predicted molar refractivity (Wildman–Crippen MR) is 96.4 cm³/mol. The molecule has 0 saturated heterocycles. The SMILES string of the molecule is Cn1cc(C=CC(=O)OCC(C)(C)c2ccccc2)c(=O)n(C)c1=O. The average molecular weight is 342 g/mol. The molecule has 0 atom stereocenters. The number of benzene rings is 1. The van der Waals surface area contributed by atoms with E-state index < -0.39 is 17.2 Å². The molecule has 1 aromatic carbocycles. The topological polar surface area (TPSA) is 70.3 Å². The zero-order chi connectivity index (χ0) is 18.6. The Hall–Kier alpha value is -2.89. The van der Waals surface area contributed by atoms with E-state index in [-0.39, 0.29) is 17.6 Å².